The van der Waals surface area contributed by atoms with Gasteiger partial charge < -0.3 is 10.9 Å². The molecule has 1 aromatic heterocycles. The number of aromatic amines is 1. The Morgan fingerprint density at radius 1 is 1.77 bits per heavy atom. The van der Waals surface area contributed by atoms with Gasteiger partial charge in [0.25, 0.3) is 0 Å². The second-order valence-corrected chi connectivity index (χ2v) is 3.23. The first kappa shape index (κ1) is 9.57. The maximum absolute atomic E-state index is 8.40. The van der Waals surface area contributed by atoms with Gasteiger partial charge in [0.05, 0.1) is 6.20 Å². The van der Waals surface area contributed by atoms with Crippen LogP contribution in [-0.2, 0) is 6.42 Å². The molecule has 13 heavy (non-hydrogen) atoms. The zero-order chi connectivity index (χ0) is 9.84. The van der Waals surface area contributed by atoms with Crippen LogP contribution in [0.5, 0.6) is 0 Å². The van der Waals surface area contributed by atoms with E-state index in [4.69, 9.17) is 10.9 Å². The number of nitrogens with two attached hydrogens (primary N) is 1. The maximum Gasteiger partial charge on any atom is 0.143 e. The zero-order valence-corrected chi connectivity index (χ0v) is 7.78. The minimum absolute atomic E-state index is 0.198. The van der Waals surface area contributed by atoms with Crippen molar-refractivity contribution in [3.63, 3.8) is 0 Å². The smallest absolute Gasteiger partial charge is 0.143 e. The van der Waals surface area contributed by atoms with Gasteiger partial charge in [-0.3, -0.25) is 5.10 Å². The van der Waals surface area contributed by atoms with Gasteiger partial charge in [-0.05, 0) is 5.92 Å². The van der Waals surface area contributed by atoms with Gasteiger partial charge in [-0.25, -0.2) is 0 Å². The Morgan fingerprint density at radius 3 is 3.00 bits per heavy atom. The molecule has 0 saturated carbocycles. The lowest BCUT2D eigenvalue weighted by atomic mass is 10.0. The van der Waals surface area contributed by atoms with Gasteiger partial charge >= 0.3 is 0 Å². The summed E-state index contributed by atoms with van der Waals surface area (Å²) in [5.74, 6) is 0.562. The van der Waals surface area contributed by atoms with Crippen LogP contribution in [0.3, 0.4) is 0 Å². The second kappa shape index (κ2) is 3.93. The van der Waals surface area contributed by atoms with Crippen molar-refractivity contribution in [3.8, 4) is 0 Å². The number of hydrogen-bond donors (Lipinski definition) is 3. The average Bonchev–Trinajstić information content (AvgIpc) is 2.52. The summed E-state index contributed by atoms with van der Waals surface area (Å²) in [5, 5.41) is 18.1. The molecule has 0 aliphatic rings. The summed E-state index contributed by atoms with van der Waals surface area (Å²) in [5.41, 5.74) is 7.40. The van der Waals surface area contributed by atoms with Gasteiger partial charge in [0.2, 0.25) is 0 Å². The minimum Gasteiger partial charge on any atom is -0.409 e. The molecule has 1 rings (SSSR count). The Hall–Kier alpha value is -1.52. The fourth-order valence-corrected chi connectivity index (χ4v) is 1.19. The van der Waals surface area contributed by atoms with Gasteiger partial charge in [-0.2, -0.15) is 5.10 Å². The summed E-state index contributed by atoms with van der Waals surface area (Å²) < 4.78 is 0. The number of oxime groups is 1. The first-order valence-electron chi connectivity index (χ1n) is 4.13. The largest absolute Gasteiger partial charge is 0.409 e. The number of nitrogens with zero attached hydrogens (tertiary/aromatic N) is 2. The normalized spacial score (nSPS) is 12.4. The quantitative estimate of drug-likeness (QED) is 0.280. The van der Waals surface area contributed by atoms with Gasteiger partial charge in [0, 0.05) is 17.7 Å². The van der Waals surface area contributed by atoms with Crippen LogP contribution in [0.1, 0.15) is 31.0 Å². The lowest BCUT2D eigenvalue weighted by Gasteiger charge is -2.04. The molecule has 0 aromatic carbocycles. The highest BCUT2D eigenvalue weighted by atomic mass is 16.4. The van der Waals surface area contributed by atoms with Crippen molar-refractivity contribution in [2.24, 2.45) is 10.9 Å². The first-order valence-corrected chi connectivity index (χ1v) is 4.13. The van der Waals surface area contributed by atoms with E-state index in [9.17, 15) is 0 Å². The van der Waals surface area contributed by atoms with E-state index in [1.165, 1.54) is 0 Å². The molecule has 0 spiro atoms. The lowest BCUT2D eigenvalue weighted by Crippen LogP contribution is -2.15. The van der Waals surface area contributed by atoms with Crippen LogP contribution in [0.15, 0.2) is 11.4 Å². The van der Waals surface area contributed by atoms with Crippen molar-refractivity contribution in [1.29, 1.82) is 0 Å². The molecule has 1 heterocycles. The van der Waals surface area contributed by atoms with Crippen LogP contribution < -0.4 is 5.73 Å². The standard InChI is InChI=1S/C8H14N4O/c1-5(2)8-6(4-10-11-8)3-7(9)12-13/h4-5,13H,3H2,1-2H3,(H2,9,12)(H,10,11). The van der Waals surface area contributed by atoms with Crippen molar-refractivity contribution in [1.82, 2.24) is 10.2 Å². The highest BCUT2D eigenvalue weighted by Gasteiger charge is 2.09. The molecule has 0 saturated heterocycles. The molecule has 0 amide bonds. The Bertz CT molecular complexity index is 303. The summed E-state index contributed by atoms with van der Waals surface area (Å²) in [6.45, 7) is 4.12. The number of amidine groups is 1. The Morgan fingerprint density at radius 2 is 2.46 bits per heavy atom. The van der Waals surface area contributed by atoms with Crippen LogP contribution in [0, 0.1) is 0 Å². The van der Waals surface area contributed by atoms with Crippen LogP contribution in [0.4, 0.5) is 0 Å². The van der Waals surface area contributed by atoms with Gasteiger partial charge in [0.1, 0.15) is 5.84 Å². The van der Waals surface area contributed by atoms with Crippen molar-refractivity contribution >= 4 is 5.84 Å². The Labute approximate surface area is 76.6 Å². The third-order valence-corrected chi connectivity index (χ3v) is 1.83. The summed E-state index contributed by atoms with van der Waals surface area (Å²) >= 11 is 0. The fraction of sp³-hybridized carbons (Fsp3) is 0.500. The van der Waals surface area contributed by atoms with Crippen LogP contribution in [-0.4, -0.2) is 21.2 Å². The fourth-order valence-electron chi connectivity index (χ4n) is 1.19. The molecule has 0 atom stereocenters. The average molecular weight is 182 g/mol. The van der Waals surface area contributed by atoms with E-state index in [1.807, 2.05) is 0 Å². The van der Waals surface area contributed by atoms with Crippen LogP contribution in [0.25, 0.3) is 0 Å². The van der Waals surface area contributed by atoms with Crippen molar-refractivity contribution < 1.29 is 5.21 Å². The summed E-state index contributed by atoms with van der Waals surface area (Å²) in [6, 6.07) is 0. The van der Waals surface area contributed by atoms with Crippen molar-refractivity contribution in [2.45, 2.75) is 26.2 Å². The predicted molar refractivity (Wildman–Crippen MR) is 49.8 cm³/mol. The SMILES string of the molecule is CC(C)c1[nH]ncc1C/C(N)=N/O. The Balaban J connectivity index is 2.82. The van der Waals surface area contributed by atoms with E-state index in [1.54, 1.807) is 6.20 Å². The number of rotatable bonds is 3. The molecule has 0 fully saturated rings. The molecule has 0 aliphatic heterocycles. The molecular formula is C8H14N4O. The zero-order valence-electron chi connectivity index (χ0n) is 7.78. The predicted octanol–water partition coefficient (Wildman–Crippen LogP) is 0.822. The molecular weight excluding hydrogens is 168 g/mol. The van der Waals surface area contributed by atoms with Gasteiger partial charge in [-0.15, -0.1) is 0 Å². The lowest BCUT2D eigenvalue weighted by molar-refractivity contribution is 0.317. The third kappa shape index (κ3) is 2.21. The highest BCUT2D eigenvalue weighted by Crippen LogP contribution is 2.16. The summed E-state index contributed by atoms with van der Waals surface area (Å²) in [4.78, 5) is 0. The van der Waals surface area contributed by atoms with Crippen LogP contribution in [0.2, 0.25) is 0 Å². The topological polar surface area (TPSA) is 87.3 Å². The molecule has 0 radical (unpaired) electrons. The molecule has 5 nitrogen and oxygen atoms in total. The van der Waals surface area contributed by atoms with E-state index in [0.29, 0.717) is 12.3 Å². The maximum atomic E-state index is 8.40. The van der Waals surface area contributed by atoms with E-state index in [-0.39, 0.29) is 5.84 Å². The number of aromatic nitrogens is 2. The molecule has 5 heteroatoms. The number of nitrogens with one attached hydrogen (secondary N) is 1. The molecule has 72 valence electrons. The van der Waals surface area contributed by atoms with E-state index in [2.05, 4.69) is 29.2 Å². The van der Waals surface area contributed by atoms with E-state index in [0.717, 1.165) is 11.3 Å². The number of hydrogen-bond acceptors (Lipinski definition) is 3. The van der Waals surface area contributed by atoms with Crippen molar-refractivity contribution in [3.05, 3.63) is 17.5 Å². The molecule has 0 bridgehead atoms. The molecule has 4 N–H and O–H groups in total. The molecule has 0 aliphatic carbocycles. The summed E-state index contributed by atoms with van der Waals surface area (Å²) in [7, 11) is 0. The second-order valence-electron chi connectivity index (χ2n) is 3.23. The molecule has 1 aromatic rings. The first-order chi connectivity index (χ1) is 6.15. The monoisotopic (exact) mass is 182 g/mol. The number of H-pyrrole nitrogens is 1. The van der Waals surface area contributed by atoms with Crippen LogP contribution >= 0.6 is 0 Å². The van der Waals surface area contributed by atoms with Crippen molar-refractivity contribution in [2.75, 3.05) is 0 Å². The summed E-state index contributed by atoms with van der Waals surface area (Å²) in [6.07, 6.45) is 2.13. The van der Waals surface area contributed by atoms with Gasteiger partial charge in [-0.1, -0.05) is 19.0 Å². The highest BCUT2D eigenvalue weighted by molar-refractivity contribution is 5.82. The van der Waals surface area contributed by atoms with E-state index >= 15 is 0 Å². The van der Waals surface area contributed by atoms with Gasteiger partial charge in [0.15, 0.2) is 0 Å². The third-order valence-electron chi connectivity index (χ3n) is 1.83. The Kier molecular flexibility index (Phi) is 2.89. The van der Waals surface area contributed by atoms with E-state index < -0.39 is 0 Å². The minimum atomic E-state index is 0.198. The molecule has 0 unspecified atom stereocenters.